The van der Waals surface area contributed by atoms with Crippen molar-refractivity contribution < 1.29 is 22.7 Å². The smallest absolute Gasteiger partial charge is 0.248 e. The van der Waals surface area contributed by atoms with Gasteiger partial charge in [0.1, 0.15) is 34.0 Å². The van der Waals surface area contributed by atoms with Gasteiger partial charge < -0.3 is 25.0 Å². The molecule has 48 heavy (non-hydrogen) atoms. The van der Waals surface area contributed by atoms with Crippen molar-refractivity contribution in [3.05, 3.63) is 89.4 Å². The molecule has 0 radical (unpaired) electrons. The van der Waals surface area contributed by atoms with E-state index >= 15 is 0 Å². The Labute approximate surface area is 285 Å². The monoisotopic (exact) mass is 688 g/mol. The first-order valence-corrected chi connectivity index (χ1v) is 17.8. The average Bonchev–Trinajstić information content (AvgIpc) is 3.06. The van der Waals surface area contributed by atoms with E-state index in [-0.39, 0.29) is 24.0 Å². The number of benzene rings is 2. The first-order chi connectivity index (χ1) is 23.1. The van der Waals surface area contributed by atoms with Crippen molar-refractivity contribution in [3.8, 4) is 17.6 Å². The SMILES string of the molecule is CCOc1cc2ncc(C#N)c(Nc3ccc(OCc4ccccn4)c(Cl)c3)c2cc1NC(=O)/C=C/CN(C)CC1CCS(=O)(=O)CC1. The van der Waals surface area contributed by atoms with E-state index in [1.54, 1.807) is 42.6 Å². The average molecular weight is 689 g/mol. The molecule has 1 aliphatic heterocycles. The number of ether oxygens (including phenoxy) is 2. The lowest BCUT2D eigenvalue weighted by molar-refractivity contribution is -0.111. The van der Waals surface area contributed by atoms with Crippen molar-refractivity contribution in [2.45, 2.75) is 26.4 Å². The standard InChI is InChI=1S/C35H37ClN6O5S/c1-3-46-33-19-30-28(18-31(33)41-34(43)8-6-14-42(2)22-24-11-15-48(44,45)16-12-24)35(25(20-37)21-39-30)40-26-9-10-32(29(36)17-26)47-23-27-7-4-5-13-38-27/h4-10,13,17-19,21,24H,3,11-12,14-16,22-23H2,1-2H3,(H,39,40)(H,41,43)/b8-6+. The van der Waals surface area contributed by atoms with Crippen LogP contribution in [0.25, 0.3) is 10.9 Å². The highest BCUT2D eigenvalue weighted by atomic mass is 35.5. The predicted molar refractivity (Wildman–Crippen MR) is 188 cm³/mol. The maximum Gasteiger partial charge on any atom is 0.248 e. The Morgan fingerprint density at radius 3 is 2.65 bits per heavy atom. The number of carbonyl (C=O) groups is 1. The number of amides is 1. The van der Waals surface area contributed by atoms with E-state index < -0.39 is 9.84 Å². The van der Waals surface area contributed by atoms with Crippen LogP contribution in [0.15, 0.2) is 73.1 Å². The molecule has 2 N–H and O–H groups in total. The summed E-state index contributed by atoms with van der Waals surface area (Å²) in [5, 5.41) is 17.1. The summed E-state index contributed by atoms with van der Waals surface area (Å²) in [6.45, 7) is 3.77. The second-order valence-corrected chi connectivity index (χ2v) is 14.3. The van der Waals surface area contributed by atoms with Gasteiger partial charge in [-0.05, 0) is 69.1 Å². The number of pyridine rings is 2. The zero-order chi connectivity index (χ0) is 34.1. The number of hydrogen-bond acceptors (Lipinski definition) is 10. The number of nitrogens with zero attached hydrogens (tertiary/aromatic N) is 4. The van der Waals surface area contributed by atoms with Gasteiger partial charge in [-0.25, -0.2) is 8.42 Å². The minimum Gasteiger partial charge on any atom is -0.492 e. The molecule has 0 spiro atoms. The molecule has 5 rings (SSSR count). The first kappa shape index (κ1) is 34.6. The van der Waals surface area contributed by atoms with Crippen molar-refractivity contribution in [2.75, 3.05) is 48.9 Å². The fourth-order valence-electron chi connectivity index (χ4n) is 5.44. The molecule has 13 heteroatoms. The molecule has 1 saturated heterocycles. The molecular formula is C35H37ClN6O5S. The van der Waals surface area contributed by atoms with Crippen LogP contribution in [-0.4, -0.2) is 67.4 Å². The van der Waals surface area contributed by atoms with E-state index in [1.807, 2.05) is 32.2 Å². The molecule has 2 aromatic carbocycles. The van der Waals surface area contributed by atoms with Gasteiger partial charge >= 0.3 is 0 Å². The largest absolute Gasteiger partial charge is 0.492 e. The van der Waals surface area contributed by atoms with Gasteiger partial charge in [-0.15, -0.1) is 0 Å². The molecule has 2 aromatic heterocycles. The van der Waals surface area contributed by atoms with E-state index in [9.17, 15) is 18.5 Å². The number of sulfone groups is 1. The summed E-state index contributed by atoms with van der Waals surface area (Å²) in [6, 6.07) is 16.5. The number of fused-ring (bicyclic) bond motifs is 1. The molecule has 0 unspecified atom stereocenters. The van der Waals surface area contributed by atoms with Crippen LogP contribution in [0, 0.1) is 17.2 Å². The molecule has 11 nitrogen and oxygen atoms in total. The van der Waals surface area contributed by atoms with E-state index in [2.05, 4.69) is 31.6 Å². The van der Waals surface area contributed by atoms with Gasteiger partial charge in [0.05, 0.1) is 51.3 Å². The molecule has 0 aliphatic carbocycles. The number of nitriles is 1. The molecular weight excluding hydrogens is 652 g/mol. The Morgan fingerprint density at radius 1 is 1.12 bits per heavy atom. The number of hydrogen-bond donors (Lipinski definition) is 2. The van der Waals surface area contributed by atoms with Crippen molar-refractivity contribution in [1.29, 1.82) is 5.26 Å². The van der Waals surface area contributed by atoms with Gasteiger partial charge in [0.25, 0.3) is 0 Å². The predicted octanol–water partition coefficient (Wildman–Crippen LogP) is 6.13. The van der Waals surface area contributed by atoms with Gasteiger partial charge in [0, 0.05) is 48.7 Å². The Bertz CT molecular complexity index is 1930. The maximum absolute atomic E-state index is 13.0. The second kappa shape index (κ2) is 15.9. The van der Waals surface area contributed by atoms with E-state index in [1.165, 1.54) is 12.3 Å². The lowest BCUT2D eigenvalue weighted by Gasteiger charge is -2.26. The lowest BCUT2D eigenvalue weighted by Crippen LogP contribution is -2.32. The van der Waals surface area contributed by atoms with Crippen LogP contribution in [0.5, 0.6) is 11.5 Å². The van der Waals surface area contributed by atoms with Gasteiger partial charge in [0.2, 0.25) is 5.91 Å². The van der Waals surface area contributed by atoms with Crippen molar-refractivity contribution in [1.82, 2.24) is 14.9 Å². The molecule has 250 valence electrons. The van der Waals surface area contributed by atoms with Crippen molar-refractivity contribution in [2.24, 2.45) is 5.92 Å². The van der Waals surface area contributed by atoms with Crippen LogP contribution < -0.4 is 20.1 Å². The van der Waals surface area contributed by atoms with Crippen molar-refractivity contribution >= 4 is 55.3 Å². The number of rotatable bonds is 13. The number of likely N-dealkylation sites (N-methyl/N-ethyl adjacent to an activating group) is 1. The van der Waals surface area contributed by atoms with Crippen LogP contribution in [0.1, 0.15) is 31.0 Å². The van der Waals surface area contributed by atoms with Crippen LogP contribution in [-0.2, 0) is 21.2 Å². The first-order valence-electron chi connectivity index (χ1n) is 15.6. The normalized spacial score (nSPS) is 14.6. The van der Waals surface area contributed by atoms with E-state index in [0.29, 0.717) is 82.0 Å². The summed E-state index contributed by atoms with van der Waals surface area (Å²) in [7, 11) is -0.948. The lowest BCUT2D eigenvalue weighted by atomic mass is 10.0. The number of aromatic nitrogens is 2. The number of carbonyl (C=O) groups excluding carboxylic acids is 1. The Kier molecular flexibility index (Phi) is 11.5. The van der Waals surface area contributed by atoms with Crippen LogP contribution in [0.2, 0.25) is 5.02 Å². The minimum atomic E-state index is -2.90. The highest BCUT2D eigenvalue weighted by Crippen LogP contribution is 2.37. The molecule has 0 bridgehead atoms. The third kappa shape index (κ3) is 9.22. The van der Waals surface area contributed by atoms with Crippen LogP contribution in [0.4, 0.5) is 17.1 Å². The Morgan fingerprint density at radius 2 is 1.94 bits per heavy atom. The fraction of sp³-hybridized carbons (Fsp3) is 0.314. The van der Waals surface area contributed by atoms with E-state index in [4.69, 9.17) is 21.1 Å². The second-order valence-electron chi connectivity index (χ2n) is 11.5. The molecule has 1 fully saturated rings. The van der Waals surface area contributed by atoms with Crippen LogP contribution in [0.3, 0.4) is 0 Å². The molecule has 3 heterocycles. The van der Waals surface area contributed by atoms with Gasteiger partial charge in [-0.1, -0.05) is 23.7 Å². The molecule has 1 aliphatic rings. The summed E-state index contributed by atoms with van der Waals surface area (Å²) >= 11 is 6.55. The summed E-state index contributed by atoms with van der Waals surface area (Å²) in [6.07, 6.45) is 7.74. The third-order valence-electron chi connectivity index (χ3n) is 7.88. The fourth-order valence-corrected chi connectivity index (χ4v) is 7.26. The van der Waals surface area contributed by atoms with E-state index in [0.717, 1.165) is 12.2 Å². The molecule has 4 aromatic rings. The van der Waals surface area contributed by atoms with Crippen molar-refractivity contribution in [3.63, 3.8) is 0 Å². The van der Waals surface area contributed by atoms with Gasteiger partial charge in [0.15, 0.2) is 0 Å². The summed E-state index contributed by atoms with van der Waals surface area (Å²) in [4.78, 5) is 23.8. The molecule has 0 saturated carbocycles. The zero-order valence-corrected chi connectivity index (χ0v) is 28.4. The topological polar surface area (TPSA) is 147 Å². The minimum absolute atomic E-state index is 0.239. The zero-order valence-electron chi connectivity index (χ0n) is 26.8. The molecule has 0 atom stereocenters. The highest BCUT2D eigenvalue weighted by Gasteiger charge is 2.24. The number of halogens is 1. The highest BCUT2D eigenvalue weighted by molar-refractivity contribution is 7.91. The maximum atomic E-state index is 13.0. The number of anilines is 3. The quantitative estimate of drug-likeness (QED) is 0.157. The third-order valence-corrected chi connectivity index (χ3v) is 9.89. The van der Waals surface area contributed by atoms with Gasteiger partial charge in [-0.2, -0.15) is 5.26 Å². The molecule has 1 amide bonds. The summed E-state index contributed by atoms with van der Waals surface area (Å²) in [5.74, 6) is 1.38. The Balaban J connectivity index is 1.31. The number of nitrogens with one attached hydrogen (secondary N) is 2. The van der Waals surface area contributed by atoms with Gasteiger partial charge in [-0.3, -0.25) is 14.8 Å². The summed E-state index contributed by atoms with van der Waals surface area (Å²) < 4.78 is 35.1. The Hall–Kier alpha value is -4.70. The van der Waals surface area contributed by atoms with Crippen LogP contribution >= 0.6 is 11.6 Å². The summed E-state index contributed by atoms with van der Waals surface area (Å²) in [5.41, 5.74) is 3.17.